The van der Waals surface area contributed by atoms with E-state index in [0.29, 0.717) is 23.8 Å². The summed E-state index contributed by atoms with van der Waals surface area (Å²) in [6, 6.07) is 5.01. The second-order valence-electron chi connectivity index (χ2n) is 5.48. The van der Waals surface area contributed by atoms with Crippen molar-refractivity contribution in [1.82, 2.24) is 4.31 Å². The Morgan fingerprint density at radius 2 is 2.10 bits per heavy atom. The molecule has 0 heterocycles. The van der Waals surface area contributed by atoms with E-state index in [2.05, 4.69) is 11.8 Å². The first-order chi connectivity index (χ1) is 9.95. The van der Waals surface area contributed by atoms with Gasteiger partial charge in [0, 0.05) is 25.6 Å². The first-order valence-corrected chi connectivity index (χ1v) is 8.56. The molecule has 0 atom stereocenters. The molecule has 0 unspecified atom stereocenters. The summed E-state index contributed by atoms with van der Waals surface area (Å²) < 4.78 is 26.4. The van der Waals surface area contributed by atoms with Crippen LogP contribution in [-0.2, 0) is 10.0 Å². The molecule has 114 valence electrons. The predicted octanol–water partition coefficient (Wildman–Crippen LogP) is 1.76. The van der Waals surface area contributed by atoms with E-state index in [9.17, 15) is 8.42 Å². The lowest BCUT2D eigenvalue weighted by Gasteiger charge is -2.17. The van der Waals surface area contributed by atoms with E-state index in [-0.39, 0.29) is 6.61 Å². The number of hydrogen-bond donors (Lipinski definition) is 1. The Morgan fingerprint density at radius 3 is 2.67 bits per heavy atom. The largest absolute Gasteiger partial charge is 0.395 e. The standard InChI is InChI=1S/C16H21NO3S/c1-13-11-16(9-8-15(13)5-3-4-10-18)21(19,20)17(2)12-14-6-7-14/h8-9,11,14,18H,4,6-7,10,12H2,1-2H3. The van der Waals surface area contributed by atoms with Crippen LogP contribution < -0.4 is 0 Å². The molecular weight excluding hydrogens is 286 g/mol. The SMILES string of the molecule is Cc1cc(S(=O)(=O)N(C)CC2CC2)ccc1C#CCCO. The van der Waals surface area contributed by atoms with Gasteiger partial charge in [0.1, 0.15) is 0 Å². The molecule has 0 aliphatic heterocycles. The molecule has 1 fully saturated rings. The van der Waals surface area contributed by atoms with Crippen LogP contribution in [0.4, 0.5) is 0 Å². The smallest absolute Gasteiger partial charge is 0.242 e. The molecule has 0 spiro atoms. The summed E-state index contributed by atoms with van der Waals surface area (Å²) in [7, 11) is -1.78. The number of benzene rings is 1. The topological polar surface area (TPSA) is 57.6 Å². The fourth-order valence-electron chi connectivity index (χ4n) is 2.09. The number of aliphatic hydroxyl groups is 1. The molecule has 1 aromatic carbocycles. The summed E-state index contributed by atoms with van der Waals surface area (Å²) in [5.41, 5.74) is 1.63. The Kier molecular flexibility index (Phi) is 5.04. The molecule has 0 bridgehead atoms. The lowest BCUT2D eigenvalue weighted by atomic mass is 10.1. The molecule has 1 aliphatic rings. The number of rotatable bonds is 5. The van der Waals surface area contributed by atoms with E-state index in [1.54, 1.807) is 25.2 Å². The maximum atomic E-state index is 12.5. The molecule has 4 nitrogen and oxygen atoms in total. The molecule has 21 heavy (non-hydrogen) atoms. The van der Waals surface area contributed by atoms with Crippen molar-refractivity contribution in [3.8, 4) is 11.8 Å². The van der Waals surface area contributed by atoms with Gasteiger partial charge in [-0.1, -0.05) is 11.8 Å². The average Bonchev–Trinajstić information content (AvgIpc) is 3.24. The van der Waals surface area contributed by atoms with Crippen molar-refractivity contribution < 1.29 is 13.5 Å². The van der Waals surface area contributed by atoms with E-state index < -0.39 is 10.0 Å². The minimum atomic E-state index is -3.41. The monoisotopic (exact) mass is 307 g/mol. The molecule has 0 radical (unpaired) electrons. The Balaban J connectivity index is 2.20. The van der Waals surface area contributed by atoms with Gasteiger partial charge >= 0.3 is 0 Å². The highest BCUT2D eigenvalue weighted by Crippen LogP contribution is 2.31. The van der Waals surface area contributed by atoms with Gasteiger partial charge in [-0.25, -0.2) is 12.7 Å². The first kappa shape index (κ1) is 16.0. The zero-order valence-electron chi connectivity index (χ0n) is 12.5. The van der Waals surface area contributed by atoms with Crippen LogP contribution in [0.2, 0.25) is 0 Å². The van der Waals surface area contributed by atoms with Crippen LogP contribution >= 0.6 is 0 Å². The molecule has 1 N–H and O–H groups in total. The van der Waals surface area contributed by atoms with Gasteiger partial charge in [-0.15, -0.1) is 0 Å². The molecule has 2 rings (SSSR count). The van der Waals surface area contributed by atoms with E-state index in [1.165, 1.54) is 4.31 Å². The zero-order chi connectivity index (χ0) is 15.5. The van der Waals surface area contributed by atoms with Crippen molar-refractivity contribution in [3.05, 3.63) is 29.3 Å². The van der Waals surface area contributed by atoms with Crippen molar-refractivity contribution in [2.45, 2.75) is 31.1 Å². The maximum Gasteiger partial charge on any atom is 0.242 e. The Bertz CT molecular complexity index is 666. The molecule has 1 aromatic rings. The summed E-state index contributed by atoms with van der Waals surface area (Å²) in [4.78, 5) is 0.316. The molecule has 1 saturated carbocycles. The van der Waals surface area contributed by atoms with Crippen LogP contribution in [0.1, 0.15) is 30.4 Å². The quantitative estimate of drug-likeness (QED) is 0.843. The van der Waals surface area contributed by atoms with Gasteiger partial charge in [0.15, 0.2) is 0 Å². The van der Waals surface area contributed by atoms with Crippen molar-refractivity contribution in [2.24, 2.45) is 5.92 Å². The fourth-order valence-corrected chi connectivity index (χ4v) is 3.43. The van der Waals surface area contributed by atoms with Crippen LogP contribution in [0.25, 0.3) is 0 Å². The minimum absolute atomic E-state index is 0.0322. The van der Waals surface area contributed by atoms with Crippen molar-refractivity contribution in [3.63, 3.8) is 0 Å². The van der Waals surface area contributed by atoms with Crippen LogP contribution in [0.5, 0.6) is 0 Å². The predicted molar refractivity (Wildman–Crippen MR) is 82.3 cm³/mol. The normalized spacial score (nSPS) is 14.9. The van der Waals surface area contributed by atoms with E-state index in [0.717, 1.165) is 24.0 Å². The van der Waals surface area contributed by atoms with Crippen molar-refractivity contribution in [1.29, 1.82) is 0 Å². The number of aliphatic hydroxyl groups excluding tert-OH is 1. The molecule has 0 aromatic heterocycles. The molecule has 1 aliphatic carbocycles. The summed E-state index contributed by atoms with van der Waals surface area (Å²) in [6.45, 7) is 2.48. The number of hydrogen-bond acceptors (Lipinski definition) is 3. The minimum Gasteiger partial charge on any atom is -0.395 e. The number of sulfonamides is 1. The zero-order valence-corrected chi connectivity index (χ0v) is 13.3. The number of aryl methyl sites for hydroxylation is 1. The summed E-state index contributed by atoms with van der Waals surface area (Å²) in [5.74, 6) is 6.32. The van der Waals surface area contributed by atoms with Gasteiger partial charge in [-0.05, 0) is 49.4 Å². The van der Waals surface area contributed by atoms with Gasteiger partial charge in [0.05, 0.1) is 11.5 Å². The maximum absolute atomic E-state index is 12.5. The lowest BCUT2D eigenvalue weighted by Crippen LogP contribution is -2.29. The van der Waals surface area contributed by atoms with Crippen LogP contribution in [0.3, 0.4) is 0 Å². The Hall–Kier alpha value is -1.35. The van der Waals surface area contributed by atoms with E-state index in [1.807, 2.05) is 6.92 Å². The lowest BCUT2D eigenvalue weighted by molar-refractivity contribution is 0.305. The Labute approximate surface area is 126 Å². The van der Waals surface area contributed by atoms with Crippen LogP contribution in [0, 0.1) is 24.7 Å². The van der Waals surface area contributed by atoms with Crippen LogP contribution in [0.15, 0.2) is 23.1 Å². The Morgan fingerprint density at radius 1 is 1.38 bits per heavy atom. The second-order valence-corrected chi connectivity index (χ2v) is 7.53. The van der Waals surface area contributed by atoms with Crippen LogP contribution in [-0.4, -0.2) is 38.0 Å². The van der Waals surface area contributed by atoms with Gasteiger partial charge in [0.25, 0.3) is 0 Å². The van der Waals surface area contributed by atoms with Crippen molar-refractivity contribution in [2.75, 3.05) is 20.2 Å². The van der Waals surface area contributed by atoms with E-state index >= 15 is 0 Å². The van der Waals surface area contributed by atoms with Gasteiger partial charge in [-0.3, -0.25) is 0 Å². The van der Waals surface area contributed by atoms with Gasteiger partial charge in [0.2, 0.25) is 10.0 Å². The molecule has 0 saturated heterocycles. The summed E-state index contributed by atoms with van der Waals surface area (Å²) >= 11 is 0. The first-order valence-electron chi connectivity index (χ1n) is 7.12. The molecular formula is C16H21NO3S. The third kappa shape index (κ3) is 4.07. The molecule has 5 heteroatoms. The number of nitrogens with zero attached hydrogens (tertiary/aromatic N) is 1. The summed E-state index contributed by atoms with van der Waals surface area (Å²) in [5, 5.41) is 8.72. The third-order valence-electron chi connectivity index (χ3n) is 3.58. The second kappa shape index (κ2) is 6.61. The van der Waals surface area contributed by atoms with E-state index in [4.69, 9.17) is 5.11 Å². The van der Waals surface area contributed by atoms with Crippen molar-refractivity contribution >= 4 is 10.0 Å². The highest BCUT2D eigenvalue weighted by atomic mass is 32.2. The fraction of sp³-hybridized carbons (Fsp3) is 0.500. The molecule has 0 amide bonds. The third-order valence-corrected chi connectivity index (χ3v) is 5.40. The summed E-state index contributed by atoms with van der Waals surface area (Å²) in [6.07, 6.45) is 2.67. The average molecular weight is 307 g/mol. The van der Waals surface area contributed by atoms with Gasteiger partial charge < -0.3 is 5.11 Å². The highest BCUT2D eigenvalue weighted by molar-refractivity contribution is 7.89. The highest BCUT2D eigenvalue weighted by Gasteiger charge is 2.29. The van der Waals surface area contributed by atoms with Gasteiger partial charge in [-0.2, -0.15) is 0 Å².